The molecule has 0 amide bonds. The second-order valence-corrected chi connectivity index (χ2v) is 2.94. The van der Waals surface area contributed by atoms with Crippen molar-refractivity contribution >= 4 is 16.9 Å². The van der Waals surface area contributed by atoms with Crippen LogP contribution in [0.25, 0.3) is 10.8 Å². The van der Waals surface area contributed by atoms with Gasteiger partial charge in [-0.3, -0.25) is 4.57 Å². The summed E-state index contributed by atoms with van der Waals surface area (Å²) in [5, 5.41) is 10.5. The molecule has 0 radical (unpaired) electrons. The molecule has 0 aliphatic rings. The maximum absolute atomic E-state index is 10.7. The van der Waals surface area contributed by atoms with Gasteiger partial charge in [-0.05, 0) is 18.2 Å². The number of benzene rings is 1. The molecular formula is C10H9NO3. The third-order valence-electron chi connectivity index (χ3n) is 2.07. The van der Waals surface area contributed by atoms with Crippen LogP contribution >= 0.6 is 0 Å². The zero-order valence-corrected chi connectivity index (χ0v) is 7.60. The Morgan fingerprint density at radius 1 is 1.36 bits per heavy atom. The number of hydrogen-bond acceptors (Lipinski definition) is 2. The molecule has 1 heterocycles. The van der Waals surface area contributed by atoms with Crippen molar-refractivity contribution in [2.75, 3.05) is 7.11 Å². The highest BCUT2D eigenvalue weighted by Crippen LogP contribution is 2.21. The van der Waals surface area contributed by atoms with Crippen LogP contribution in [0.5, 0.6) is 5.75 Å². The lowest BCUT2D eigenvalue weighted by Crippen LogP contribution is -2.03. The number of methoxy groups -OCH3 is 1. The predicted octanol–water partition coefficient (Wildman–Crippen LogP) is 2.18. The second kappa shape index (κ2) is 3.06. The van der Waals surface area contributed by atoms with Crippen molar-refractivity contribution in [1.82, 2.24) is 4.57 Å². The molecule has 2 aromatic rings. The van der Waals surface area contributed by atoms with Crippen LogP contribution in [0.15, 0.2) is 30.6 Å². The molecule has 0 aliphatic heterocycles. The van der Waals surface area contributed by atoms with E-state index in [1.165, 1.54) is 0 Å². The van der Waals surface area contributed by atoms with Crippen molar-refractivity contribution in [3.63, 3.8) is 0 Å². The Hall–Kier alpha value is -1.97. The van der Waals surface area contributed by atoms with E-state index in [0.717, 1.165) is 21.1 Å². The largest absolute Gasteiger partial charge is 0.497 e. The molecule has 0 atom stereocenters. The van der Waals surface area contributed by atoms with Gasteiger partial charge in [-0.15, -0.1) is 0 Å². The molecule has 14 heavy (non-hydrogen) atoms. The first-order valence-electron chi connectivity index (χ1n) is 4.10. The molecule has 0 spiro atoms. The fourth-order valence-electron chi connectivity index (χ4n) is 1.36. The standard InChI is InChI=1S/C10H9NO3/c1-14-9-3-2-7-5-11(10(12)13)6-8(7)4-9/h2-6H,1H3,(H,12,13). The molecule has 0 aliphatic carbocycles. The van der Waals surface area contributed by atoms with Gasteiger partial charge >= 0.3 is 6.09 Å². The van der Waals surface area contributed by atoms with Crippen molar-refractivity contribution < 1.29 is 14.6 Å². The molecular weight excluding hydrogens is 182 g/mol. The third-order valence-corrected chi connectivity index (χ3v) is 2.07. The van der Waals surface area contributed by atoms with Crippen LogP contribution in [-0.2, 0) is 0 Å². The highest BCUT2D eigenvalue weighted by molar-refractivity contribution is 5.87. The maximum Gasteiger partial charge on any atom is 0.415 e. The molecule has 2 rings (SSSR count). The Morgan fingerprint density at radius 2 is 2.07 bits per heavy atom. The summed E-state index contributed by atoms with van der Waals surface area (Å²) < 4.78 is 6.16. The number of nitrogens with zero attached hydrogens (tertiary/aromatic N) is 1. The van der Waals surface area contributed by atoms with Crippen LogP contribution in [0, 0.1) is 0 Å². The third kappa shape index (κ3) is 1.31. The van der Waals surface area contributed by atoms with E-state index in [-0.39, 0.29) is 0 Å². The summed E-state index contributed by atoms with van der Waals surface area (Å²) in [7, 11) is 1.58. The zero-order chi connectivity index (χ0) is 10.1. The molecule has 1 N–H and O–H groups in total. The van der Waals surface area contributed by atoms with Crippen LogP contribution in [-0.4, -0.2) is 22.9 Å². The van der Waals surface area contributed by atoms with E-state index in [2.05, 4.69) is 0 Å². The summed E-state index contributed by atoms with van der Waals surface area (Å²) in [4.78, 5) is 10.7. The number of fused-ring (bicyclic) bond motifs is 1. The summed E-state index contributed by atoms with van der Waals surface area (Å²) in [5.41, 5.74) is 0. The Labute approximate surface area is 80.3 Å². The van der Waals surface area contributed by atoms with Crippen LogP contribution in [0.3, 0.4) is 0 Å². The smallest absolute Gasteiger partial charge is 0.415 e. The van der Waals surface area contributed by atoms with Gasteiger partial charge in [0, 0.05) is 23.2 Å². The minimum atomic E-state index is -0.986. The minimum Gasteiger partial charge on any atom is -0.497 e. The van der Waals surface area contributed by atoms with Crippen molar-refractivity contribution in [2.24, 2.45) is 0 Å². The first-order valence-corrected chi connectivity index (χ1v) is 4.10. The Balaban J connectivity index is 2.60. The Bertz CT molecular complexity index is 487. The average Bonchev–Trinajstić information content (AvgIpc) is 2.59. The van der Waals surface area contributed by atoms with Gasteiger partial charge in [-0.1, -0.05) is 0 Å². The van der Waals surface area contributed by atoms with Gasteiger partial charge < -0.3 is 9.84 Å². The van der Waals surface area contributed by atoms with E-state index in [0.29, 0.717) is 0 Å². The molecule has 4 heteroatoms. The second-order valence-electron chi connectivity index (χ2n) is 2.94. The first kappa shape index (κ1) is 8.62. The van der Waals surface area contributed by atoms with Crippen LogP contribution in [0.1, 0.15) is 0 Å². The monoisotopic (exact) mass is 191 g/mol. The summed E-state index contributed by atoms with van der Waals surface area (Å²) in [6.45, 7) is 0. The molecule has 72 valence electrons. The Kier molecular flexibility index (Phi) is 1.89. The van der Waals surface area contributed by atoms with E-state index in [1.54, 1.807) is 31.6 Å². The van der Waals surface area contributed by atoms with E-state index in [9.17, 15) is 4.79 Å². The molecule has 4 nitrogen and oxygen atoms in total. The molecule has 0 bridgehead atoms. The highest BCUT2D eigenvalue weighted by atomic mass is 16.5. The minimum absolute atomic E-state index is 0.723. The summed E-state index contributed by atoms with van der Waals surface area (Å²) >= 11 is 0. The average molecular weight is 191 g/mol. The molecule has 0 saturated heterocycles. The van der Waals surface area contributed by atoms with Crippen LogP contribution < -0.4 is 4.74 Å². The first-order chi connectivity index (χ1) is 6.70. The highest BCUT2D eigenvalue weighted by Gasteiger charge is 2.04. The lowest BCUT2D eigenvalue weighted by molar-refractivity contribution is 0.196. The fourth-order valence-corrected chi connectivity index (χ4v) is 1.36. The zero-order valence-electron chi connectivity index (χ0n) is 7.60. The predicted molar refractivity (Wildman–Crippen MR) is 51.9 cm³/mol. The quantitative estimate of drug-likeness (QED) is 0.751. The van der Waals surface area contributed by atoms with E-state index < -0.39 is 6.09 Å². The van der Waals surface area contributed by atoms with E-state index >= 15 is 0 Å². The normalized spacial score (nSPS) is 10.4. The van der Waals surface area contributed by atoms with Crippen LogP contribution in [0.2, 0.25) is 0 Å². The summed E-state index contributed by atoms with van der Waals surface area (Å²) in [5.74, 6) is 0.723. The number of carboxylic acid groups (broad SMARTS) is 1. The van der Waals surface area contributed by atoms with Gasteiger partial charge in [0.2, 0.25) is 0 Å². The fraction of sp³-hybridized carbons (Fsp3) is 0.100. The van der Waals surface area contributed by atoms with Gasteiger partial charge in [0.1, 0.15) is 5.75 Å². The molecule has 1 aromatic heterocycles. The van der Waals surface area contributed by atoms with Crippen molar-refractivity contribution in [1.29, 1.82) is 0 Å². The maximum atomic E-state index is 10.7. The molecule has 0 fully saturated rings. The summed E-state index contributed by atoms with van der Waals surface area (Å²) in [6.07, 6.45) is 2.14. The van der Waals surface area contributed by atoms with Crippen molar-refractivity contribution in [2.45, 2.75) is 0 Å². The topological polar surface area (TPSA) is 51.5 Å². The lowest BCUT2D eigenvalue weighted by atomic mass is 10.2. The number of aromatic nitrogens is 1. The number of rotatable bonds is 1. The molecule has 0 saturated carbocycles. The van der Waals surface area contributed by atoms with Crippen LogP contribution in [0.4, 0.5) is 4.79 Å². The number of carbonyl (C=O) groups is 1. The van der Waals surface area contributed by atoms with Crippen molar-refractivity contribution in [3.8, 4) is 5.75 Å². The van der Waals surface area contributed by atoms with E-state index in [1.807, 2.05) is 6.07 Å². The van der Waals surface area contributed by atoms with E-state index in [4.69, 9.17) is 9.84 Å². The van der Waals surface area contributed by atoms with Gasteiger partial charge in [0.05, 0.1) is 7.11 Å². The Morgan fingerprint density at radius 3 is 2.71 bits per heavy atom. The lowest BCUT2D eigenvalue weighted by Gasteiger charge is -1.97. The molecule has 1 aromatic carbocycles. The van der Waals surface area contributed by atoms with Crippen molar-refractivity contribution in [3.05, 3.63) is 30.6 Å². The van der Waals surface area contributed by atoms with Gasteiger partial charge in [-0.2, -0.15) is 0 Å². The SMILES string of the molecule is COc1ccc2cn(C(=O)O)cc2c1. The van der Waals surface area contributed by atoms with Gasteiger partial charge in [0.15, 0.2) is 0 Å². The number of hydrogen-bond donors (Lipinski definition) is 1. The van der Waals surface area contributed by atoms with Gasteiger partial charge in [0.25, 0.3) is 0 Å². The number of ether oxygens (including phenoxy) is 1. The van der Waals surface area contributed by atoms with Gasteiger partial charge in [-0.25, -0.2) is 4.79 Å². The molecule has 0 unspecified atom stereocenters. The summed E-state index contributed by atoms with van der Waals surface area (Å²) in [6, 6.07) is 5.43.